The van der Waals surface area contributed by atoms with Crippen LogP contribution in [0.5, 0.6) is 0 Å². The van der Waals surface area contributed by atoms with Gasteiger partial charge in [0, 0.05) is 5.92 Å². The van der Waals surface area contributed by atoms with Gasteiger partial charge in [-0.3, -0.25) is 0 Å². The summed E-state index contributed by atoms with van der Waals surface area (Å²) < 4.78 is 1.33. The highest BCUT2D eigenvalue weighted by atomic mass is 32.1. The number of nitrogens with zero attached hydrogens (tertiary/aromatic N) is 1. The van der Waals surface area contributed by atoms with Crippen molar-refractivity contribution in [3.8, 4) is 0 Å². The third-order valence-electron chi connectivity index (χ3n) is 2.40. The molecule has 0 spiro atoms. The molecule has 15 heavy (non-hydrogen) atoms. The van der Waals surface area contributed by atoms with E-state index in [1.165, 1.54) is 15.3 Å². The van der Waals surface area contributed by atoms with Crippen LogP contribution in [0.15, 0.2) is 18.2 Å². The van der Waals surface area contributed by atoms with Gasteiger partial charge in [0.2, 0.25) is 0 Å². The SMILES string of the molecule is CC(C)c1nc2ccc(CCP)cc2s1. The van der Waals surface area contributed by atoms with Crippen molar-refractivity contribution >= 4 is 30.8 Å². The van der Waals surface area contributed by atoms with Crippen LogP contribution in [0.25, 0.3) is 10.2 Å². The van der Waals surface area contributed by atoms with Crippen LogP contribution in [0.4, 0.5) is 0 Å². The number of fused-ring (bicyclic) bond motifs is 1. The Morgan fingerprint density at radius 1 is 1.40 bits per heavy atom. The van der Waals surface area contributed by atoms with Crippen molar-refractivity contribution in [2.45, 2.75) is 26.2 Å². The zero-order valence-corrected chi connectivity index (χ0v) is 11.1. The minimum atomic E-state index is 0.535. The molecule has 2 rings (SSSR count). The molecule has 0 aliphatic rings. The Kier molecular flexibility index (Phi) is 3.38. The van der Waals surface area contributed by atoms with Gasteiger partial charge < -0.3 is 0 Å². The van der Waals surface area contributed by atoms with Gasteiger partial charge in [-0.25, -0.2) is 4.98 Å². The summed E-state index contributed by atoms with van der Waals surface area (Å²) in [5, 5.41) is 1.24. The van der Waals surface area contributed by atoms with Gasteiger partial charge in [-0.2, -0.15) is 0 Å². The first-order valence-electron chi connectivity index (χ1n) is 5.30. The molecule has 1 heterocycles. The summed E-state index contributed by atoms with van der Waals surface area (Å²) in [6.07, 6.45) is 2.26. The number of aromatic nitrogens is 1. The van der Waals surface area contributed by atoms with E-state index in [2.05, 4.69) is 46.3 Å². The number of thiazole rings is 1. The fraction of sp³-hybridized carbons (Fsp3) is 0.417. The van der Waals surface area contributed by atoms with E-state index in [0.717, 1.165) is 18.1 Å². The second-order valence-electron chi connectivity index (χ2n) is 4.05. The summed E-state index contributed by atoms with van der Waals surface area (Å²) in [4.78, 5) is 4.63. The predicted octanol–water partition coefficient (Wildman–Crippen LogP) is 3.84. The maximum absolute atomic E-state index is 4.63. The monoisotopic (exact) mass is 237 g/mol. The summed E-state index contributed by atoms with van der Waals surface area (Å²) in [6.45, 7) is 4.39. The van der Waals surface area contributed by atoms with Gasteiger partial charge in [-0.15, -0.1) is 20.6 Å². The largest absolute Gasteiger partial charge is 0.241 e. The van der Waals surface area contributed by atoms with E-state index in [-0.39, 0.29) is 0 Å². The first kappa shape index (κ1) is 11.0. The Balaban J connectivity index is 2.43. The van der Waals surface area contributed by atoms with E-state index >= 15 is 0 Å². The molecule has 0 N–H and O–H groups in total. The average molecular weight is 237 g/mol. The first-order valence-corrected chi connectivity index (χ1v) is 6.93. The zero-order chi connectivity index (χ0) is 10.8. The maximum Gasteiger partial charge on any atom is 0.0963 e. The molecule has 1 nitrogen and oxygen atoms in total. The van der Waals surface area contributed by atoms with Crippen LogP contribution in [0.1, 0.15) is 30.3 Å². The van der Waals surface area contributed by atoms with Gasteiger partial charge in [-0.1, -0.05) is 19.9 Å². The molecule has 3 heteroatoms. The lowest BCUT2D eigenvalue weighted by Gasteiger charge is -1.96. The normalized spacial score (nSPS) is 11.5. The van der Waals surface area contributed by atoms with Crippen LogP contribution in [0.2, 0.25) is 0 Å². The number of benzene rings is 1. The standard InChI is InChI=1S/C12H16NPS/c1-8(2)12-13-10-4-3-9(5-6-14)7-11(10)15-12/h3-4,7-8H,5-6,14H2,1-2H3. The van der Waals surface area contributed by atoms with Gasteiger partial charge >= 0.3 is 0 Å². The van der Waals surface area contributed by atoms with Crippen molar-refractivity contribution < 1.29 is 0 Å². The van der Waals surface area contributed by atoms with Crippen LogP contribution in [0.3, 0.4) is 0 Å². The molecular formula is C12H16NPS. The molecule has 0 bridgehead atoms. The van der Waals surface area contributed by atoms with Gasteiger partial charge in [0.05, 0.1) is 15.2 Å². The summed E-state index contributed by atoms with van der Waals surface area (Å²) in [5.74, 6) is 0.535. The molecule has 80 valence electrons. The molecule has 0 aliphatic carbocycles. The van der Waals surface area contributed by atoms with E-state index < -0.39 is 0 Å². The molecule has 1 atom stereocenters. The van der Waals surface area contributed by atoms with Gasteiger partial charge in [0.1, 0.15) is 0 Å². The van der Waals surface area contributed by atoms with E-state index in [1.807, 2.05) is 11.3 Å². The first-order chi connectivity index (χ1) is 7.20. The van der Waals surface area contributed by atoms with E-state index in [4.69, 9.17) is 0 Å². The van der Waals surface area contributed by atoms with Crippen molar-refractivity contribution in [2.24, 2.45) is 0 Å². The summed E-state index contributed by atoms with van der Waals surface area (Å²) in [7, 11) is 2.77. The van der Waals surface area contributed by atoms with E-state index in [1.54, 1.807) is 0 Å². The Bertz CT molecular complexity index is 462. The maximum atomic E-state index is 4.63. The minimum Gasteiger partial charge on any atom is -0.241 e. The second kappa shape index (κ2) is 4.59. The number of hydrogen-bond acceptors (Lipinski definition) is 2. The van der Waals surface area contributed by atoms with Crippen LogP contribution >= 0.6 is 20.6 Å². The van der Waals surface area contributed by atoms with Crippen LogP contribution in [-0.4, -0.2) is 11.1 Å². The molecule has 2 aromatic rings. The third kappa shape index (κ3) is 2.38. The van der Waals surface area contributed by atoms with Crippen LogP contribution in [-0.2, 0) is 6.42 Å². The lowest BCUT2D eigenvalue weighted by molar-refractivity contribution is 0.857. The summed E-state index contributed by atoms with van der Waals surface area (Å²) in [5.41, 5.74) is 2.56. The average Bonchev–Trinajstić information content (AvgIpc) is 2.61. The van der Waals surface area contributed by atoms with Crippen molar-refractivity contribution in [3.63, 3.8) is 0 Å². The molecule has 0 fully saturated rings. The smallest absolute Gasteiger partial charge is 0.0963 e. The molecule has 0 radical (unpaired) electrons. The molecule has 1 aromatic heterocycles. The number of rotatable bonds is 3. The lowest BCUT2D eigenvalue weighted by Crippen LogP contribution is -1.84. The predicted molar refractivity (Wildman–Crippen MR) is 72.0 cm³/mol. The van der Waals surface area contributed by atoms with Crippen molar-refractivity contribution in [1.29, 1.82) is 0 Å². The molecule has 0 aliphatic heterocycles. The van der Waals surface area contributed by atoms with Crippen molar-refractivity contribution in [1.82, 2.24) is 4.98 Å². The Morgan fingerprint density at radius 3 is 2.87 bits per heavy atom. The minimum absolute atomic E-state index is 0.535. The second-order valence-corrected chi connectivity index (χ2v) is 5.69. The Morgan fingerprint density at radius 2 is 2.20 bits per heavy atom. The highest BCUT2D eigenvalue weighted by Gasteiger charge is 2.07. The topological polar surface area (TPSA) is 12.9 Å². The molecule has 0 amide bonds. The Labute approximate surface area is 97.1 Å². The Hall–Kier alpha value is -0.460. The summed E-state index contributed by atoms with van der Waals surface area (Å²) >= 11 is 1.83. The zero-order valence-electron chi connectivity index (χ0n) is 9.16. The molecule has 0 saturated carbocycles. The third-order valence-corrected chi connectivity index (χ3v) is 4.00. The molecule has 1 aromatic carbocycles. The van der Waals surface area contributed by atoms with E-state index in [0.29, 0.717) is 5.92 Å². The quantitative estimate of drug-likeness (QED) is 0.739. The summed E-state index contributed by atoms with van der Waals surface area (Å²) in [6, 6.07) is 6.62. The van der Waals surface area contributed by atoms with Crippen LogP contribution in [0, 0.1) is 0 Å². The van der Waals surface area contributed by atoms with Gasteiger partial charge in [-0.05, 0) is 30.3 Å². The van der Waals surface area contributed by atoms with Gasteiger partial charge in [0.25, 0.3) is 0 Å². The number of aryl methyl sites for hydroxylation is 1. The molecule has 1 unspecified atom stereocenters. The molecule has 0 saturated heterocycles. The highest BCUT2D eigenvalue weighted by Crippen LogP contribution is 2.28. The van der Waals surface area contributed by atoms with Crippen molar-refractivity contribution in [3.05, 3.63) is 28.8 Å². The lowest BCUT2D eigenvalue weighted by atomic mass is 10.2. The van der Waals surface area contributed by atoms with E-state index in [9.17, 15) is 0 Å². The fourth-order valence-electron chi connectivity index (χ4n) is 1.56. The number of hydrogen-bond donors (Lipinski definition) is 0. The van der Waals surface area contributed by atoms with Crippen molar-refractivity contribution in [2.75, 3.05) is 6.16 Å². The van der Waals surface area contributed by atoms with Gasteiger partial charge in [0.15, 0.2) is 0 Å². The van der Waals surface area contributed by atoms with Crippen LogP contribution < -0.4 is 0 Å². The fourth-order valence-corrected chi connectivity index (χ4v) is 2.92. The highest BCUT2D eigenvalue weighted by molar-refractivity contribution is 7.18. The molecular weight excluding hydrogens is 221 g/mol.